The van der Waals surface area contributed by atoms with Gasteiger partial charge in [0.05, 0.1) is 67.9 Å². The number of carbonyl (C=O) groups is 4. The first-order valence-electron chi connectivity index (χ1n) is 13.5. The normalized spacial score (nSPS) is 28.4. The Morgan fingerprint density at radius 3 is 1.25 bits per heavy atom. The van der Waals surface area contributed by atoms with Crippen LogP contribution in [-0.2, 0) is 19.2 Å². The van der Waals surface area contributed by atoms with Crippen molar-refractivity contribution in [3.8, 4) is 0 Å². The molecule has 0 bridgehead atoms. The van der Waals surface area contributed by atoms with Crippen molar-refractivity contribution in [2.24, 2.45) is 11.8 Å². The Hall–Kier alpha value is -3.64. The van der Waals surface area contributed by atoms with Crippen LogP contribution in [0.1, 0.15) is 23.6 Å². The minimum Gasteiger partial charge on any atom is -0.468 e. The number of carbonyl (C=O) groups excluding carboxylic acids is 4. The van der Waals surface area contributed by atoms with Gasteiger partial charge in [-0.25, -0.2) is 19.8 Å². The van der Waals surface area contributed by atoms with E-state index in [0.29, 0.717) is 11.5 Å². The topological polar surface area (TPSA) is 108 Å². The Morgan fingerprint density at radius 1 is 0.500 bits per heavy atom. The fourth-order valence-electron chi connectivity index (χ4n) is 7.07. The van der Waals surface area contributed by atoms with Gasteiger partial charge in [0.1, 0.15) is 23.6 Å². The largest absolute Gasteiger partial charge is 0.468 e. The molecule has 0 unspecified atom stereocenters. The van der Waals surface area contributed by atoms with Gasteiger partial charge < -0.3 is 8.83 Å². The van der Waals surface area contributed by atoms with Crippen molar-refractivity contribution in [2.45, 2.75) is 24.2 Å². The molecule has 44 heavy (non-hydrogen) atoms. The van der Waals surface area contributed by atoms with Crippen molar-refractivity contribution in [2.75, 3.05) is 9.80 Å². The van der Waals surface area contributed by atoms with E-state index in [1.54, 1.807) is 34.3 Å². The van der Waals surface area contributed by atoms with E-state index in [4.69, 9.17) is 55.2 Å². The van der Waals surface area contributed by atoms with Gasteiger partial charge in [0, 0.05) is 0 Å². The number of halogens is 4. The summed E-state index contributed by atoms with van der Waals surface area (Å²) in [5.41, 5.74) is 0.501. The van der Waals surface area contributed by atoms with Crippen LogP contribution in [0.5, 0.6) is 0 Å². The van der Waals surface area contributed by atoms with Crippen LogP contribution in [-0.4, -0.2) is 45.7 Å². The molecule has 4 aliphatic rings. The maximum absolute atomic E-state index is 14.3. The van der Waals surface area contributed by atoms with Crippen molar-refractivity contribution in [1.82, 2.24) is 10.0 Å². The van der Waals surface area contributed by atoms with Gasteiger partial charge in [-0.3, -0.25) is 19.2 Å². The summed E-state index contributed by atoms with van der Waals surface area (Å²) in [7, 11) is 0. The lowest BCUT2D eigenvalue weighted by molar-refractivity contribution is -0.136. The molecule has 0 spiro atoms. The van der Waals surface area contributed by atoms with Crippen LogP contribution < -0.4 is 9.80 Å². The molecule has 0 N–H and O–H groups in total. The molecule has 4 aliphatic heterocycles. The molecule has 8 rings (SSSR count). The predicted molar refractivity (Wildman–Crippen MR) is 159 cm³/mol. The summed E-state index contributed by atoms with van der Waals surface area (Å²) < 4.78 is 11.6. The van der Waals surface area contributed by atoms with E-state index in [0.717, 1.165) is 9.80 Å². The molecule has 10 nitrogen and oxygen atoms in total. The summed E-state index contributed by atoms with van der Waals surface area (Å²) in [6.45, 7) is 0. The van der Waals surface area contributed by atoms with Crippen LogP contribution in [0.25, 0.3) is 0 Å². The zero-order valence-electron chi connectivity index (χ0n) is 22.1. The Morgan fingerprint density at radius 2 is 0.909 bits per heavy atom. The van der Waals surface area contributed by atoms with Gasteiger partial charge in [-0.15, -0.1) is 0 Å². The van der Waals surface area contributed by atoms with Gasteiger partial charge in [0.15, 0.2) is 0 Å². The van der Waals surface area contributed by atoms with E-state index in [1.165, 1.54) is 48.9 Å². The van der Waals surface area contributed by atoms with Crippen LogP contribution in [0.3, 0.4) is 0 Å². The number of rotatable bonds is 4. The highest BCUT2D eigenvalue weighted by atomic mass is 35.5. The fraction of sp³-hybridized carbons (Fsp3) is 0.200. The van der Waals surface area contributed by atoms with E-state index in [1.807, 2.05) is 0 Å². The molecule has 4 amide bonds. The average Bonchev–Trinajstić information content (AvgIpc) is 3.82. The zero-order valence-corrected chi connectivity index (χ0v) is 25.2. The minimum absolute atomic E-state index is 0.175. The summed E-state index contributed by atoms with van der Waals surface area (Å²) in [6, 6.07) is 11.7. The molecule has 4 fully saturated rings. The van der Waals surface area contributed by atoms with Crippen molar-refractivity contribution in [3.63, 3.8) is 0 Å². The van der Waals surface area contributed by atoms with Gasteiger partial charge >= 0.3 is 0 Å². The van der Waals surface area contributed by atoms with Crippen molar-refractivity contribution in [3.05, 3.63) is 105 Å². The summed E-state index contributed by atoms with van der Waals surface area (Å²) in [5.74, 6) is -3.40. The second-order valence-electron chi connectivity index (χ2n) is 10.8. The highest BCUT2D eigenvalue weighted by Gasteiger charge is 2.74. The van der Waals surface area contributed by atoms with Gasteiger partial charge in [0.2, 0.25) is 11.8 Å². The first kappa shape index (κ1) is 27.9. The van der Waals surface area contributed by atoms with E-state index in [9.17, 15) is 19.2 Å². The van der Waals surface area contributed by atoms with Gasteiger partial charge in [-0.05, 0) is 60.7 Å². The van der Waals surface area contributed by atoms with Crippen molar-refractivity contribution in [1.29, 1.82) is 0 Å². The van der Waals surface area contributed by atoms with E-state index < -0.39 is 59.6 Å². The zero-order chi connectivity index (χ0) is 30.6. The SMILES string of the molecule is O=C1[C@@H]2[C@@H](C(=O)N1c1ccc(Cl)c(Cl)c1)N1[C@@H](c3ccco3)[C@@H]3C(=O)N(c4ccc(Cl)c(Cl)c4)C(=O)[C@@H]3N1[C@@H]2c1ccco1. The summed E-state index contributed by atoms with van der Waals surface area (Å²) in [4.78, 5) is 59.2. The van der Waals surface area contributed by atoms with Gasteiger partial charge in [-0.1, -0.05) is 46.4 Å². The lowest BCUT2D eigenvalue weighted by Crippen LogP contribution is -2.50. The maximum atomic E-state index is 14.3. The number of benzene rings is 2. The number of fused-ring (bicyclic) bond motifs is 5. The highest BCUT2D eigenvalue weighted by Crippen LogP contribution is 2.60. The Labute approximate surface area is 269 Å². The fourth-order valence-corrected chi connectivity index (χ4v) is 7.65. The maximum Gasteiger partial charge on any atom is 0.253 e. The summed E-state index contributed by atoms with van der Waals surface area (Å²) in [6.07, 6.45) is 2.90. The number of nitrogens with zero attached hydrogens (tertiary/aromatic N) is 4. The van der Waals surface area contributed by atoms with Gasteiger partial charge in [-0.2, -0.15) is 0 Å². The van der Waals surface area contributed by atoms with Crippen LogP contribution in [0.2, 0.25) is 20.1 Å². The van der Waals surface area contributed by atoms with E-state index in [2.05, 4.69) is 0 Å². The molecule has 4 saturated heterocycles. The number of hydrogen-bond acceptors (Lipinski definition) is 8. The first-order valence-corrected chi connectivity index (χ1v) is 15.0. The lowest BCUT2D eigenvalue weighted by atomic mass is 9.87. The van der Waals surface area contributed by atoms with Crippen LogP contribution in [0, 0.1) is 11.8 Å². The average molecular weight is 672 g/mol. The Kier molecular flexibility index (Phi) is 6.29. The molecule has 4 aromatic rings. The van der Waals surface area contributed by atoms with Crippen LogP contribution in [0.4, 0.5) is 11.4 Å². The summed E-state index contributed by atoms with van der Waals surface area (Å²) >= 11 is 24.7. The second kappa shape index (κ2) is 9.93. The quantitative estimate of drug-likeness (QED) is 0.246. The number of anilines is 2. The Balaban J connectivity index is 1.30. The number of amides is 4. The number of furan rings is 2. The van der Waals surface area contributed by atoms with E-state index >= 15 is 0 Å². The Bertz CT molecular complexity index is 1750. The number of hydrogen-bond donors (Lipinski definition) is 0. The van der Waals surface area contributed by atoms with Crippen molar-refractivity contribution >= 4 is 81.4 Å². The highest BCUT2D eigenvalue weighted by molar-refractivity contribution is 6.43. The van der Waals surface area contributed by atoms with Gasteiger partial charge in [0.25, 0.3) is 11.8 Å². The lowest BCUT2D eigenvalue weighted by Gasteiger charge is -2.34. The molecular formula is C30H18Cl4N4O6. The molecule has 6 heterocycles. The molecule has 2 aromatic heterocycles. The number of imide groups is 2. The molecule has 0 radical (unpaired) electrons. The van der Waals surface area contributed by atoms with Crippen LogP contribution >= 0.6 is 46.4 Å². The molecule has 6 atom stereocenters. The molecule has 14 heteroatoms. The third-order valence-electron chi connectivity index (χ3n) is 8.72. The smallest absolute Gasteiger partial charge is 0.253 e. The molecule has 222 valence electrons. The minimum atomic E-state index is -1.09. The third kappa shape index (κ3) is 3.70. The van der Waals surface area contributed by atoms with E-state index in [-0.39, 0.29) is 31.5 Å². The third-order valence-corrected chi connectivity index (χ3v) is 10.2. The summed E-state index contributed by atoms with van der Waals surface area (Å²) in [5, 5.41) is 4.20. The molecular weight excluding hydrogens is 654 g/mol. The molecule has 2 aromatic carbocycles. The molecule has 0 saturated carbocycles. The second-order valence-corrected chi connectivity index (χ2v) is 12.5. The number of hydrazine groups is 1. The molecule has 0 aliphatic carbocycles. The van der Waals surface area contributed by atoms with Crippen molar-refractivity contribution < 1.29 is 28.0 Å². The first-order chi connectivity index (χ1) is 21.2. The monoisotopic (exact) mass is 670 g/mol. The van der Waals surface area contributed by atoms with Crippen LogP contribution in [0.15, 0.2) is 82.0 Å². The predicted octanol–water partition coefficient (Wildman–Crippen LogP) is 5.93. The standard InChI is InChI=1S/C30H18Cl4N4O6/c31-15-7-5-13(11-17(15)33)35-27(39)21-23(19-3-1-9-43-19)37-26-22(24(20-4-2-10-44-20)38(37)25(21)29(35)41)28(40)36(30(26)42)14-6-8-16(32)18(34)12-14/h1-12,21-26H/t21-,22-,23-,24+,25+,26-/m0/s1.